The molecule has 0 amide bonds. The van der Waals surface area contributed by atoms with E-state index >= 15 is 0 Å². The van der Waals surface area contributed by atoms with Gasteiger partial charge in [-0.15, -0.1) is 13.2 Å². The van der Waals surface area contributed by atoms with Gasteiger partial charge in [0, 0.05) is 13.5 Å². The molecule has 0 atom stereocenters. The van der Waals surface area contributed by atoms with Crippen molar-refractivity contribution < 1.29 is 0 Å². The summed E-state index contributed by atoms with van der Waals surface area (Å²) in [5.41, 5.74) is 5.45. The van der Waals surface area contributed by atoms with Crippen molar-refractivity contribution in [1.82, 2.24) is 0 Å². The third-order valence-electron chi connectivity index (χ3n) is 4.27. The van der Waals surface area contributed by atoms with E-state index in [-0.39, 0.29) is 5.41 Å². The van der Waals surface area contributed by atoms with Gasteiger partial charge in [0.05, 0.1) is 0 Å². The van der Waals surface area contributed by atoms with Crippen LogP contribution in [0, 0.1) is 3.57 Å². The number of hydrogen-bond acceptors (Lipinski definition) is 0. The van der Waals surface area contributed by atoms with E-state index in [0.29, 0.717) is 0 Å². The summed E-state index contributed by atoms with van der Waals surface area (Å²) in [6.07, 6.45) is 5.91. The van der Waals surface area contributed by atoms with E-state index in [1.807, 2.05) is 12.2 Å². The van der Waals surface area contributed by atoms with Crippen molar-refractivity contribution >= 4 is 38.5 Å². The maximum absolute atomic E-state index is 3.99. The first-order valence-corrected chi connectivity index (χ1v) is 8.82. The Hall–Kier alpha value is -0.870. The Morgan fingerprint density at radius 2 is 1.52 bits per heavy atom. The second kappa shape index (κ2) is 5.73. The van der Waals surface area contributed by atoms with Crippen molar-refractivity contribution in [3.63, 3.8) is 0 Å². The lowest BCUT2D eigenvalue weighted by atomic mass is 9.73. The van der Waals surface area contributed by atoms with Gasteiger partial charge in [-0.2, -0.15) is 0 Å². The summed E-state index contributed by atoms with van der Waals surface area (Å²) >= 11 is 6.02. The maximum atomic E-state index is 3.99. The molecule has 0 aliphatic heterocycles. The standard InChI is InChI=1S/C19H16BrI/c1-3-9-19(10-4-2)17-11-13(20)5-7-15(17)16-8-6-14(21)12-18(16)19/h3-8,11-12H,1-2,9-10H2. The first-order valence-electron chi connectivity index (χ1n) is 6.94. The number of benzene rings is 2. The van der Waals surface area contributed by atoms with Crippen molar-refractivity contribution in [1.29, 1.82) is 0 Å². The van der Waals surface area contributed by atoms with Crippen LogP contribution in [0.1, 0.15) is 24.0 Å². The molecule has 0 nitrogen and oxygen atoms in total. The number of allylic oxidation sites excluding steroid dienone is 2. The lowest BCUT2D eigenvalue weighted by Crippen LogP contribution is -2.24. The molecule has 0 spiro atoms. The van der Waals surface area contributed by atoms with Crippen LogP contribution in [0.4, 0.5) is 0 Å². The van der Waals surface area contributed by atoms with E-state index in [0.717, 1.165) is 17.3 Å². The molecule has 0 radical (unpaired) electrons. The van der Waals surface area contributed by atoms with E-state index in [9.17, 15) is 0 Å². The van der Waals surface area contributed by atoms with Crippen molar-refractivity contribution in [3.8, 4) is 11.1 Å². The van der Waals surface area contributed by atoms with Gasteiger partial charge in [0.15, 0.2) is 0 Å². The van der Waals surface area contributed by atoms with Crippen LogP contribution in [-0.4, -0.2) is 0 Å². The first kappa shape index (κ1) is 15.0. The van der Waals surface area contributed by atoms with E-state index in [1.54, 1.807) is 0 Å². The predicted octanol–water partition coefficient (Wildman–Crippen LogP) is 6.47. The molecule has 1 aliphatic rings. The zero-order chi connectivity index (χ0) is 15.0. The Balaban J connectivity index is 2.37. The summed E-state index contributed by atoms with van der Waals surface area (Å²) in [6.45, 7) is 7.99. The summed E-state index contributed by atoms with van der Waals surface area (Å²) in [4.78, 5) is 0. The first-order chi connectivity index (χ1) is 10.1. The molecular formula is C19H16BrI. The molecule has 0 N–H and O–H groups in total. The smallest absolute Gasteiger partial charge is 0.0284 e. The van der Waals surface area contributed by atoms with Gasteiger partial charge in [0.2, 0.25) is 0 Å². The minimum absolute atomic E-state index is 0.0286. The largest absolute Gasteiger partial charge is 0.103 e. The molecule has 0 bridgehead atoms. The van der Waals surface area contributed by atoms with Gasteiger partial charge in [-0.25, -0.2) is 0 Å². The van der Waals surface area contributed by atoms with Gasteiger partial charge >= 0.3 is 0 Å². The molecule has 3 rings (SSSR count). The van der Waals surface area contributed by atoms with Crippen LogP contribution in [0.2, 0.25) is 0 Å². The van der Waals surface area contributed by atoms with E-state index in [4.69, 9.17) is 0 Å². The molecule has 0 saturated heterocycles. The minimum atomic E-state index is -0.0286. The Morgan fingerprint density at radius 1 is 0.952 bits per heavy atom. The van der Waals surface area contributed by atoms with Crippen molar-refractivity contribution in [2.24, 2.45) is 0 Å². The Bertz CT molecular complexity index is 667. The van der Waals surface area contributed by atoms with Crippen LogP contribution in [0.15, 0.2) is 66.2 Å². The molecule has 106 valence electrons. The second-order valence-corrected chi connectivity index (χ2v) is 7.61. The fourth-order valence-corrected chi connectivity index (χ4v) is 4.31. The third-order valence-corrected chi connectivity index (χ3v) is 5.43. The summed E-state index contributed by atoms with van der Waals surface area (Å²) in [6, 6.07) is 13.4. The van der Waals surface area contributed by atoms with E-state index in [2.05, 4.69) is 88.1 Å². The van der Waals surface area contributed by atoms with Crippen LogP contribution in [0.25, 0.3) is 11.1 Å². The van der Waals surface area contributed by atoms with Crippen LogP contribution in [-0.2, 0) is 5.41 Å². The van der Waals surface area contributed by atoms with E-state index in [1.165, 1.54) is 25.8 Å². The van der Waals surface area contributed by atoms with Crippen molar-refractivity contribution in [3.05, 3.63) is 80.9 Å². The third kappa shape index (κ3) is 2.33. The highest BCUT2D eigenvalue weighted by atomic mass is 127. The Morgan fingerprint density at radius 3 is 2.14 bits per heavy atom. The Kier molecular flexibility index (Phi) is 4.10. The van der Waals surface area contributed by atoms with Gasteiger partial charge in [0.1, 0.15) is 0 Å². The molecular weight excluding hydrogens is 435 g/mol. The normalized spacial score (nSPS) is 14.4. The number of fused-ring (bicyclic) bond motifs is 3. The van der Waals surface area contributed by atoms with Gasteiger partial charge in [-0.1, -0.05) is 40.2 Å². The summed E-state index contributed by atoms with van der Waals surface area (Å²) in [5, 5.41) is 0. The molecule has 1 aliphatic carbocycles. The minimum Gasteiger partial charge on any atom is -0.103 e. The maximum Gasteiger partial charge on any atom is 0.0284 e. The highest BCUT2D eigenvalue weighted by molar-refractivity contribution is 14.1. The monoisotopic (exact) mass is 450 g/mol. The number of rotatable bonds is 4. The lowest BCUT2D eigenvalue weighted by Gasteiger charge is -2.30. The zero-order valence-electron chi connectivity index (χ0n) is 11.7. The highest BCUT2D eigenvalue weighted by Gasteiger charge is 2.41. The van der Waals surface area contributed by atoms with Crippen LogP contribution in [0.5, 0.6) is 0 Å². The van der Waals surface area contributed by atoms with Gasteiger partial charge in [-0.05, 0) is 82.0 Å². The molecule has 0 unspecified atom stereocenters. The molecule has 0 saturated carbocycles. The molecule has 2 heteroatoms. The second-order valence-electron chi connectivity index (χ2n) is 5.45. The molecule has 0 heterocycles. The van der Waals surface area contributed by atoms with Crippen LogP contribution in [0.3, 0.4) is 0 Å². The van der Waals surface area contributed by atoms with Gasteiger partial charge < -0.3 is 0 Å². The van der Waals surface area contributed by atoms with Crippen LogP contribution >= 0.6 is 38.5 Å². The van der Waals surface area contributed by atoms with Crippen molar-refractivity contribution in [2.45, 2.75) is 18.3 Å². The van der Waals surface area contributed by atoms with E-state index < -0.39 is 0 Å². The molecule has 2 aromatic carbocycles. The fraction of sp³-hybridized carbons (Fsp3) is 0.158. The molecule has 2 aromatic rings. The summed E-state index contributed by atoms with van der Waals surface area (Å²) in [7, 11) is 0. The molecule has 0 fully saturated rings. The fourth-order valence-electron chi connectivity index (χ4n) is 3.46. The quantitative estimate of drug-likeness (QED) is 0.369. The average Bonchev–Trinajstić information content (AvgIpc) is 2.70. The highest BCUT2D eigenvalue weighted by Crippen LogP contribution is 2.53. The molecule has 0 aromatic heterocycles. The van der Waals surface area contributed by atoms with Crippen LogP contribution < -0.4 is 0 Å². The Labute approximate surface area is 148 Å². The molecule has 21 heavy (non-hydrogen) atoms. The predicted molar refractivity (Wildman–Crippen MR) is 103 cm³/mol. The SMILES string of the molecule is C=CCC1(CC=C)c2cc(Br)ccc2-c2ccc(I)cc21. The topological polar surface area (TPSA) is 0 Å². The zero-order valence-corrected chi connectivity index (χ0v) is 15.4. The average molecular weight is 451 g/mol. The summed E-state index contributed by atoms with van der Waals surface area (Å²) in [5.74, 6) is 0. The van der Waals surface area contributed by atoms with Crippen molar-refractivity contribution in [2.75, 3.05) is 0 Å². The lowest BCUT2D eigenvalue weighted by molar-refractivity contribution is 0.543. The van der Waals surface area contributed by atoms with Gasteiger partial charge in [-0.3, -0.25) is 0 Å². The summed E-state index contributed by atoms with van der Waals surface area (Å²) < 4.78 is 2.40. The number of hydrogen-bond donors (Lipinski definition) is 0. The number of halogens is 2. The van der Waals surface area contributed by atoms with Gasteiger partial charge in [0.25, 0.3) is 0 Å².